The summed E-state index contributed by atoms with van der Waals surface area (Å²) < 4.78 is 5.91. The van der Waals surface area contributed by atoms with Gasteiger partial charge in [0.1, 0.15) is 23.9 Å². The van der Waals surface area contributed by atoms with Crippen molar-refractivity contribution in [1.29, 1.82) is 5.41 Å². The van der Waals surface area contributed by atoms with Gasteiger partial charge in [0.15, 0.2) is 0 Å². The molecule has 1 saturated carbocycles. The molecule has 4 aliphatic rings. The van der Waals surface area contributed by atoms with Crippen molar-refractivity contribution in [3.05, 3.63) is 23.8 Å². The molecule has 188 valence electrons. The fraction of sp³-hybridized carbons (Fsp3) is 0.731. The van der Waals surface area contributed by atoms with Crippen LogP contribution in [-0.4, -0.2) is 79.0 Å². The SMILES string of the molecule is CCCCOC(C)N=C1C(C(=N)N)NC(=O)C2(CC2)CN1CC1C=C(CN2CCCC2)C=CC1. The number of unbranched alkanes of at least 4 members (excludes halogenated alkanes) is 1. The Balaban J connectivity index is 1.55. The van der Waals surface area contributed by atoms with E-state index in [1.165, 1.54) is 31.5 Å². The van der Waals surface area contributed by atoms with Crippen LogP contribution in [0.4, 0.5) is 0 Å². The van der Waals surface area contributed by atoms with Crippen LogP contribution >= 0.6 is 0 Å². The summed E-state index contributed by atoms with van der Waals surface area (Å²) in [5.41, 5.74) is 6.99. The van der Waals surface area contributed by atoms with Crippen LogP contribution in [0.3, 0.4) is 0 Å². The quantitative estimate of drug-likeness (QED) is 0.259. The van der Waals surface area contributed by atoms with Crippen molar-refractivity contribution < 1.29 is 9.53 Å². The van der Waals surface area contributed by atoms with Gasteiger partial charge in [-0.15, -0.1) is 0 Å². The van der Waals surface area contributed by atoms with E-state index < -0.39 is 6.04 Å². The van der Waals surface area contributed by atoms with Gasteiger partial charge in [-0.05, 0) is 70.0 Å². The standard InChI is InChI=1S/C26H42N6O2/c1-3-4-14-34-19(2)29-24-22(23(27)28)30-25(33)26(10-11-26)18-32(24)17-21-9-7-8-20(15-21)16-31-12-5-6-13-31/h7-8,15,19,21-22H,3-6,9-14,16-18H2,1-2H3,(H3,27,28)(H,30,33). The van der Waals surface area contributed by atoms with Gasteiger partial charge >= 0.3 is 0 Å². The zero-order valence-corrected chi connectivity index (χ0v) is 20.9. The van der Waals surface area contributed by atoms with Gasteiger partial charge in [0.05, 0.1) is 5.41 Å². The average molecular weight is 471 g/mol. The van der Waals surface area contributed by atoms with Gasteiger partial charge in [0.25, 0.3) is 0 Å². The Morgan fingerprint density at radius 2 is 2.15 bits per heavy atom. The van der Waals surface area contributed by atoms with Crippen molar-refractivity contribution in [3.8, 4) is 0 Å². The summed E-state index contributed by atoms with van der Waals surface area (Å²) in [5, 5.41) is 11.2. The third kappa shape index (κ3) is 6.08. The molecular formula is C26H42N6O2. The molecule has 8 nitrogen and oxygen atoms in total. The molecule has 3 unspecified atom stereocenters. The van der Waals surface area contributed by atoms with E-state index in [9.17, 15) is 4.79 Å². The van der Waals surface area contributed by atoms with Crippen molar-refractivity contribution in [1.82, 2.24) is 15.1 Å². The molecule has 1 spiro atoms. The molecule has 2 aliphatic carbocycles. The molecule has 4 rings (SSSR count). The molecule has 0 aromatic rings. The van der Waals surface area contributed by atoms with Crippen LogP contribution in [0.2, 0.25) is 0 Å². The lowest BCUT2D eigenvalue weighted by atomic mass is 9.94. The summed E-state index contributed by atoms with van der Waals surface area (Å²) in [4.78, 5) is 22.7. The van der Waals surface area contributed by atoms with Gasteiger partial charge in [-0.2, -0.15) is 0 Å². The van der Waals surface area contributed by atoms with Gasteiger partial charge in [0, 0.05) is 26.2 Å². The maximum atomic E-state index is 13.0. The number of nitrogens with zero attached hydrogens (tertiary/aromatic N) is 3. The highest BCUT2D eigenvalue weighted by molar-refractivity contribution is 6.11. The van der Waals surface area contributed by atoms with Gasteiger partial charge in [-0.25, -0.2) is 4.99 Å². The van der Waals surface area contributed by atoms with Crippen LogP contribution in [-0.2, 0) is 9.53 Å². The average Bonchev–Trinajstić information content (AvgIpc) is 3.43. The smallest absolute Gasteiger partial charge is 0.228 e. The van der Waals surface area contributed by atoms with Crippen LogP contribution in [0.1, 0.15) is 58.8 Å². The molecule has 3 fully saturated rings. The van der Waals surface area contributed by atoms with Gasteiger partial charge in [-0.3, -0.25) is 15.1 Å². The lowest BCUT2D eigenvalue weighted by Gasteiger charge is -2.33. The second-order valence-electron chi connectivity index (χ2n) is 10.5. The fourth-order valence-corrected chi connectivity index (χ4v) is 5.27. The number of aliphatic imine (C=N–C) groups is 1. The molecule has 0 bridgehead atoms. The lowest BCUT2D eigenvalue weighted by molar-refractivity contribution is -0.126. The van der Waals surface area contributed by atoms with E-state index >= 15 is 0 Å². The number of hydrogen-bond acceptors (Lipinski definition) is 5. The maximum absolute atomic E-state index is 13.0. The number of carbonyl (C=O) groups excluding carboxylic acids is 1. The zero-order chi connectivity index (χ0) is 24.1. The molecule has 4 N–H and O–H groups in total. The number of nitrogens with two attached hydrogens (primary N) is 1. The summed E-state index contributed by atoms with van der Waals surface area (Å²) in [7, 11) is 0. The van der Waals surface area contributed by atoms with E-state index in [-0.39, 0.29) is 23.4 Å². The summed E-state index contributed by atoms with van der Waals surface area (Å²) in [6, 6.07) is -0.711. The van der Waals surface area contributed by atoms with Gasteiger partial charge in [0.2, 0.25) is 5.91 Å². The molecule has 8 heteroatoms. The molecule has 2 saturated heterocycles. The van der Waals surface area contributed by atoms with E-state index in [0.717, 1.165) is 45.2 Å². The van der Waals surface area contributed by atoms with Crippen LogP contribution < -0.4 is 11.1 Å². The predicted octanol–water partition coefficient (Wildman–Crippen LogP) is 2.66. The Morgan fingerprint density at radius 1 is 1.38 bits per heavy atom. The molecule has 0 aromatic carbocycles. The molecule has 2 aliphatic heterocycles. The highest BCUT2D eigenvalue weighted by Gasteiger charge is 2.54. The molecule has 0 radical (unpaired) electrons. The lowest BCUT2D eigenvalue weighted by Crippen LogP contribution is -2.53. The minimum absolute atomic E-state index is 0.00346. The minimum atomic E-state index is -0.711. The topological polar surface area (TPSA) is 107 Å². The monoisotopic (exact) mass is 470 g/mol. The first-order valence-corrected chi connectivity index (χ1v) is 13.1. The molecule has 3 atom stereocenters. The largest absolute Gasteiger partial charge is 0.386 e. The van der Waals surface area contributed by atoms with E-state index in [2.05, 4.69) is 40.3 Å². The van der Waals surface area contributed by atoms with Gasteiger partial charge < -0.3 is 20.7 Å². The number of carbonyl (C=O) groups is 1. The third-order valence-corrected chi connectivity index (χ3v) is 7.45. The first kappa shape index (κ1) is 24.9. The maximum Gasteiger partial charge on any atom is 0.228 e. The second kappa shape index (κ2) is 11.0. The Hall–Kier alpha value is -2.19. The summed E-state index contributed by atoms with van der Waals surface area (Å²) in [6.45, 7) is 9.47. The number of hydrogen-bond donors (Lipinski definition) is 3. The highest BCUT2D eigenvalue weighted by Crippen LogP contribution is 2.48. The Labute approximate surface area is 204 Å². The van der Waals surface area contributed by atoms with E-state index in [1.807, 2.05) is 6.92 Å². The number of nitrogens with one attached hydrogen (secondary N) is 2. The van der Waals surface area contributed by atoms with Crippen molar-refractivity contribution in [2.24, 2.45) is 22.1 Å². The number of amides is 1. The summed E-state index contributed by atoms with van der Waals surface area (Å²) in [5.74, 6) is 0.916. The van der Waals surface area contributed by atoms with Crippen LogP contribution in [0.5, 0.6) is 0 Å². The number of allylic oxidation sites excluding steroid dienone is 1. The van der Waals surface area contributed by atoms with E-state index in [0.29, 0.717) is 24.9 Å². The normalized spacial score (nSPS) is 28.6. The van der Waals surface area contributed by atoms with Crippen molar-refractivity contribution in [2.75, 3.05) is 39.3 Å². The first-order valence-electron chi connectivity index (χ1n) is 13.1. The van der Waals surface area contributed by atoms with Crippen LogP contribution in [0.15, 0.2) is 28.8 Å². The third-order valence-electron chi connectivity index (χ3n) is 7.45. The van der Waals surface area contributed by atoms with E-state index in [4.69, 9.17) is 20.9 Å². The zero-order valence-electron chi connectivity index (χ0n) is 20.9. The van der Waals surface area contributed by atoms with Crippen molar-refractivity contribution >= 4 is 17.6 Å². The number of ether oxygens (including phenoxy) is 1. The number of amidine groups is 2. The number of likely N-dealkylation sites (tertiary alicyclic amines) is 1. The molecule has 2 heterocycles. The number of rotatable bonds is 10. The minimum Gasteiger partial charge on any atom is -0.386 e. The molecule has 1 amide bonds. The summed E-state index contributed by atoms with van der Waals surface area (Å²) in [6.07, 6.45) is 13.9. The second-order valence-corrected chi connectivity index (χ2v) is 10.5. The van der Waals surface area contributed by atoms with Crippen LogP contribution in [0.25, 0.3) is 0 Å². The van der Waals surface area contributed by atoms with Crippen LogP contribution in [0, 0.1) is 16.7 Å². The Kier molecular flexibility index (Phi) is 8.09. The van der Waals surface area contributed by atoms with Crippen molar-refractivity contribution in [3.63, 3.8) is 0 Å². The van der Waals surface area contributed by atoms with E-state index in [1.54, 1.807) is 0 Å². The van der Waals surface area contributed by atoms with Gasteiger partial charge in [-0.1, -0.05) is 31.6 Å². The summed E-state index contributed by atoms with van der Waals surface area (Å²) >= 11 is 0. The predicted molar refractivity (Wildman–Crippen MR) is 136 cm³/mol. The van der Waals surface area contributed by atoms with Crippen molar-refractivity contribution in [2.45, 2.75) is 71.1 Å². The first-order chi connectivity index (χ1) is 16.4. The molecule has 0 aromatic heterocycles. The highest BCUT2D eigenvalue weighted by atomic mass is 16.5. The Bertz CT molecular complexity index is 840. The molecule has 34 heavy (non-hydrogen) atoms. The fourth-order valence-electron chi connectivity index (χ4n) is 5.27. The molecular weight excluding hydrogens is 428 g/mol. The Morgan fingerprint density at radius 3 is 2.82 bits per heavy atom.